The van der Waals surface area contributed by atoms with Crippen molar-refractivity contribution in [3.63, 3.8) is 0 Å². The molecule has 0 aliphatic heterocycles. The van der Waals surface area contributed by atoms with Crippen LogP contribution in [-0.2, 0) is 39.8 Å². The van der Waals surface area contributed by atoms with Gasteiger partial charge in [-0.15, -0.1) is 11.6 Å². The number of carbonyl (C=O) groups excluding carboxylic acids is 2. The molecule has 18 heteroatoms. The van der Waals surface area contributed by atoms with Crippen molar-refractivity contribution >= 4 is 46.3 Å². The van der Waals surface area contributed by atoms with Crippen molar-refractivity contribution in [1.29, 1.82) is 0 Å². The standard InChI is InChI=1S/C33H48ClFN6O9S/c1-24(42)37-27(23-51-33-38-28-29(39-32(45)40-31(28)44)41(33)22-25-6-8-26(35)9-7-25)30(43)36-11-13-47-15-17-49-19-21-50-20-18-48-16-14-46-12-5-3-2-4-10-34/h6-9,27H,2-5,10-23H2,1H3,(H,36,43)(H,37,42)(H2,39,40,44,45)/t27-/m0/s1. The Morgan fingerprint density at radius 2 is 1.45 bits per heavy atom. The summed E-state index contributed by atoms with van der Waals surface area (Å²) in [6.45, 7) is 6.18. The van der Waals surface area contributed by atoms with E-state index in [1.807, 2.05) is 0 Å². The van der Waals surface area contributed by atoms with Crippen molar-refractivity contribution in [1.82, 2.24) is 30.2 Å². The number of alkyl halides is 1. The predicted octanol–water partition coefficient (Wildman–Crippen LogP) is 2.20. The SMILES string of the molecule is CC(=O)N[C@@H](CSc1nc2c(=O)[nH]c(=O)[nH]c2n1Cc1ccc(F)cc1)C(=O)NCCOCCOCCOCCOCCOCCCCCCCl. The van der Waals surface area contributed by atoms with Gasteiger partial charge in [0.1, 0.15) is 17.5 Å². The van der Waals surface area contributed by atoms with Crippen LogP contribution in [0.1, 0.15) is 38.2 Å². The monoisotopic (exact) mass is 758 g/mol. The fourth-order valence-corrected chi connectivity index (χ4v) is 5.84. The van der Waals surface area contributed by atoms with Crippen LogP contribution in [-0.4, -0.2) is 122 Å². The minimum Gasteiger partial charge on any atom is -0.379 e. The number of halogens is 2. The summed E-state index contributed by atoms with van der Waals surface area (Å²) < 4.78 is 42.6. The number of nitrogens with zero attached hydrogens (tertiary/aromatic N) is 2. The fourth-order valence-electron chi connectivity index (χ4n) is 4.64. The molecule has 3 aromatic rings. The highest BCUT2D eigenvalue weighted by atomic mass is 35.5. The van der Waals surface area contributed by atoms with Gasteiger partial charge in [0.25, 0.3) is 5.56 Å². The summed E-state index contributed by atoms with van der Waals surface area (Å²) in [5.74, 6) is -0.480. The van der Waals surface area contributed by atoms with Crippen LogP contribution >= 0.6 is 23.4 Å². The van der Waals surface area contributed by atoms with Gasteiger partial charge in [0, 0.05) is 31.7 Å². The van der Waals surface area contributed by atoms with E-state index in [1.54, 1.807) is 16.7 Å². The highest BCUT2D eigenvalue weighted by Gasteiger charge is 2.22. The molecule has 2 aromatic heterocycles. The van der Waals surface area contributed by atoms with Gasteiger partial charge in [-0.25, -0.2) is 14.2 Å². The zero-order valence-electron chi connectivity index (χ0n) is 28.8. The lowest BCUT2D eigenvalue weighted by molar-refractivity contribution is -0.127. The Morgan fingerprint density at radius 1 is 0.863 bits per heavy atom. The zero-order chi connectivity index (χ0) is 36.7. The number of unbranched alkanes of at least 4 members (excludes halogenated alkanes) is 3. The molecule has 3 rings (SSSR count). The van der Waals surface area contributed by atoms with Crippen molar-refractivity contribution in [2.75, 3.05) is 84.2 Å². The molecule has 1 aromatic carbocycles. The number of rotatable bonds is 28. The highest BCUT2D eigenvalue weighted by molar-refractivity contribution is 7.99. The molecule has 1 atom stereocenters. The number of H-pyrrole nitrogens is 2. The zero-order valence-corrected chi connectivity index (χ0v) is 30.4. The van der Waals surface area contributed by atoms with Gasteiger partial charge >= 0.3 is 5.69 Å². The third-order valence-electron chi connectivity index (χ3n) is 7.14. The average Bonchev–Trinajstić information content (AvgIpc) is 3.44. The molecule has 0 saturated heterocycles. The van der Waals surface area contributed by atoms with Crippen LogP contribution in [0.3, 0.4) is 0 Å². The summed E-state index contributed by atoms with van der Waals surface area (Å²) in [6.07, 6.45) is 4.36. The second-order valence-corrected chi connectivity index (χ2v) is 12.6. The molecular weight excluding hydrogens is 711 g/mol. The maximum absolute atomic E-state index is 13.5. The molecule has 0 aliphatic rings. The van der Waals surface area contributed by atoms with Gasteiger partial charge in [-0.05, 0) is 30.5 Å². The number of benzene rings is 1. The number of thioether (sulfide) groups is 1. The Hall–Kier alpha value is -3.32. The van der Waals surface area contributed by atoms with Crippen molar-refractivity contribution in [3.05, 3.63) is 56.5 Å². The molecular formula is C33H48ClFN6O9S. The lowest BCUT2D eigenvalue weighted by Crippen LogP contribution is -2.48. The van der Waals surface area contributed by atoms with E-state index in [4.69, 9.17) is 35.3 Å². The van der Waals surface area contributed by atoms with E-state index in [1.165, 1.54) is 19.1 Å². The van der Waals surface area contributed by atoms with E-state index >= 15 is 0 Å². The van der Waals surface area contributed by atoms with Crippen molar-refractivity contribution < 1.29 is 37.7 Å². The molecule has 2 heterocycles. The third-order valence-corrected chi connectivity index (χ3v) is 8.48. The normalized spacial score (nSPS) is 12.0. The number of hydrogen-bond donors (Lipinski definition) is 4. The summed E-state index contributed by atoms with van der Waals surface area (Å²) in [5, 5.41) is 5.69. The number of aromatic nitrogens is 4. The molecule has 0 aliphatic carbocycles. The minimum atomic E-state index is -0.938. The first kappa shape index (κ1) is 42.1. The van der Waals surface area contributed by atoms with E-state index in [0.29, 0.717) is 69.5 Å². The molecule has 0 spiro atoms. The summed E-state index contributed by atoms with van der Waals surface area (Å²) in [5.41, 5.74) is -0.532. The molecule has 0 unspecified atom stereocenters. The van der Waals surface area contributed by atoms with Gasteiger partial charge in [0.05, 0.1) is 66.0 Å². The van der Waals surface area contributed by atoms with Gasteiger partial charge in [0.15, 0.2) is 10.7 Å². The van der Waals surface area contributed by atoms with Crippen LogP contribution in [0.5, 0.6) is 0 Å². The minimum absolute atomic E-state index is 0.00374. The first-order valence-electron chi connectivity index (χ1n) is 16.9. The molecule has 0 bridgehead atoms. The lowest BCUT2D eigenvalue weighted by Gasteiger charge is -2.17. The highest BCUT2D eigenvalue weighted by Crippen LogP contribution is 2.23. The number of aromatic amines is 2. The maximum Gasteiger partial charge on any atom is 0.327 e. The van der Waals surface area contributed by atoms with E-state index in [-0.39, 0.29) is 36.6 Å². The van der Waals surface area contributed by atoms with Crippen molar-refractivity contribution in [3.8, 4) is 0 Å². The Balaban J connectivity index is 1.30. The van der Waals surface area contributed by atoms with Crippen molar-refractivity contribution in [2.45, 2.75) is 50.4 Å². The number of nitrogens with one attached hydrogen (secondary N) is 4. The Kier molecular flexibility index (Phi) is 20.5. The van der Waals surface area contributed by atoms with E-state index in [2.05, 4.69) is 25.6 Å². The summed E-state index contributed by atoms with van der Waals surface area (Å²) in [7, 11) is 0. The molecule has 51 heavy (non-hydrogen) atoms. The first-order valence-corrected chi connectivity index (χ1v) is 18.4. The first-order chi connectivity index (χ1) is 24.8. The third kappa shape index (κ3) is 16.7. The van der Waals surface area contributed by atoms with Gasteiger partial charge in [-0.1, -0.05) is 36.7 Å². The molecule has 284 valence electrons. The second kappa shape index (κ2) is 24.8. The summed E-state index contributed by atoms with van der Waals surface area (Å²) in [6, 6.07) is 4.80. The fraction of sp³-hybridized carbons (Fsp3) is 0.606. The second-order valence-electron chi connectivity index (χ2n) is 11.2. The van der Waals surface area contributed by atoms with E-state index in [9.17, 15) is 23.6 Å². The van der Waals surface area contributed by atoms with Gasteiger partial charge in [0.2, 0.25) is 11.8 Å². The van der Waals surface area contributed by atoms with Crippen molar-refractivity contribution in [2.24, 2.45) is 0 Å². The maximum atomic E-state index is 13.5. The summed E-state index contributed by atoms with van der Waals surface area (Å²) in [4.78, 5) is 58.4. The van der Waals surface area contributed by atoms with Crippen LogP contribution in [0.25, 0.3) is 11.2 Å². The van der Waals surface area contributed by atoms with E-state index in [0.717, 1.165) is 44.1 Å². The van der Waals surface area contributed by atoms with Crippen LogP contribution < -0.4 is 21.9 Å². The molecule has 0 fully saturated rings. The van der Waals surface area contributed by atoms with Crippen LogP contribution in [0.4, 0.5) is 4.39 Å². The number of amides is 2. The molecule has 0 radical (unpaired) electrons. The molecule has 2 amide bonds. The van der Waals surface area contributed by atoms with Crippen LogP contribution in [0, 0.1) is 5.82 Å². The van der Waals surface area contributed by atoms with Gasteiger partial charge in [-0.2, -0.15) is 0 Å². The van der Waals surface area contributed by atoms with Crippen LogP contribution in [0.2, 0.25) is 0 Å². The summed E-state index contributed by atoms with van der Waals surface area (Å²) >= 11 is 6.77. The number of fused-ring (bicyclic) bond motifs is 1. The molecule has 4 N–H and O–H groups in total. The Bertz CT molecular complexity index is 1570. The van der Waals surface area contributed by atoms with Gasteiger partial charge in [-0.3, -0.25) is 24.4 Å². The smallest absolute Gasteiger partial charge is 0.327 e. The Morgan fingerprint density at radius 3 is 2.06 bits per heavy atom. The Labute approximate surface area is 304 Å². The van der Waals surface area contributed by atoms with Crippen LogP contribution in [0.15, 0.2) is 39.0 Å². The van der Waals surface area contributed by atoms with E-state index < -0.39 is 34.9 Å². The average molecular weight is 759 g/mol. The number of imidazole rings is 1. The lowest BCUT2D eigenvalue weighted by atomic mass is 10.2. The topological polar surface area (TPSA) is 188 Å². The number of carbonyl (C=O) groups is 2. The molecule has 0 saturated carbocycles. The number of hydrogen-bond acceptors (Lipinski definition) is 11. The quantitative estimate of drug-likeness (QED) is 0.0483. The number of ether oxygens (including phenoxy) is 5. The predicted molar refractivity (Wildman–Crippen MR) is 191 cm³/mol. The largest absolute Gasteiger partial charge is 0.379 e. The molecule has 15 nitrogen and oxygen atoms in total. The van der Waals surface area contributed by atoms with Gasteiger partial charge < -0.3 is 38.9 Å².